The number of amides is 1. The van der Waals surface area contributed by atoms with Crippen LogP contribution in [0.2, 0.25) is 0 Å². The molecular weight excluding hydrogens is 256 g/mol. The first kappa shape index (κ1) is 14.5. The molecule has 2 N–H and O–H groups in total. The van der Waals surface area contributed by atoms with E-state index in [1.54, 1.807) is 11.5 Å². The second-order valence-electron chi connectivity index (χ2n) is 3.65. The number of thioether (sulfide) groups is 1. The first-order valence-electron chi connectivity index (χ1n) is 5.55. The van der Waals surface area contributed by atoms with E-state index in [0.717, 1.165) is 18.2 Å². The Balaban J connectivity index is 2.65. The number of carbonyl (C=O) groups excluding carboxylic acids is 1. The van der Waals surface area contributed by atoms with Gasteiger partial charge in [-0.15, -0.1) is 10.2 Å². The molecular formula is C10H16N4O3S. The van der Waals surface area contributed by atoms with Gasteiger partial charge >= 0.3 is 5.97 Å². The fourth-order valence-corrected chi connectivity index (χ4v) is 1.94. The van der Waals surface area contributed by atoms with Gasteiger partial charge in [0.05, 0.1) is 5.75 Å². The number of carboxylic acids is 1. The van der Waals surface area contributed by atoms with Crippen molar-refractivity contribution in [3.63, 3.8) is 0 Å². The highest BCUT2D eigenvalue weighted by molar-refractivity contribution is 7.99. The van der Waals surface area contributed by atoms with Crippen LogP contribution in [0.1, 0.15) is 19.2 Å². The molecule has 1 aromatic rings. The maximum atomic E-state index is 11.6. The number of nitrogens with one attached hydrogen (secondary N) is 1. The van der Waals surface area contributed by atoms with Crippen molar-refractivity contribution in [2.45, 2.75) is 32.0 Å². The van der Waals surface area contributed by atoms with Crippen LogP contribution in [0, 0.1) is 6.92 Å². The van der Waals surface area contributed by atoms with Crippen LogP contribution in [0.15, 0.2) is 5.16 Å². The smallest absolute Gasteiger partial charge is 0.313 e. The van der Waals surface area contributed by atoms with E-state index in [0.29, 0.717) is 17.5 Å². The molecule has 0 aliphatic heterocycles. The Labute approximate surface area is 109 Å². The third-order valence-corrected chi connectivity index (χ3v) is 3.05. The minimum Gasteiger partial charge on any atom is -0.481 e. The minimum absolute atomic E-state index is 0.102. The molecule has 7 nitrogen and oxygen atoms in total. The molecule has 0 bridgehead atoms. The normalized spacial score (nSPS) is 10.3. The number of hydrogen-bond acceptors (Lipinski definition) is 5. The molecule has 1 aromatic heterocycles. The summed E-state index contributed by atoms with van der Waals surface area (Å²) in [6.07, 6.45) is 0.869. The second-order valence-corrected chi connectivity index (χ2v) is 4.59. The summed E-state index contributed by atoms with van der Waals surface area (Å²) in [6.45, 7) is 4.43. The van der Waals surface area contributed by atoms with E-state index >= 15 is 0 Å². The molecule has 0 radical (unpaired) electrons. The lowest BCUT2D eigenvalue weighted by Crippen LogP contribution is -2.28. The summed E-state index contributed by atoms with van der Waals surface area (Å²) in [5.74, 6) is -0.566. The Morgan fingerprint density at radius 1 is 1.44 bits per heavy atom. The predicted molar refractivity (Wildman–Crippen MR) is 66.4 cm³/mol. The summed E-state index contributed by atoms with van der Waals surface area (Å²) in [4.78, 5) is 22.1. The van der Waals surface area contributed by atoms with Gasteiger partial charge < -0.3 is 10.4 Å². The van der Waals surface area contributed by atoms with E-state index in [4.69, 9.17) is 5.11 Å². The van der Waals surface area contributed by atoms with Gasteiger partial charge in [-0.05, 0) is 13.3 Å². The predicted octanol–water partition coefficient (Wildman–Crippen LogP) is 0.289. The first-order chi connectivity index (χ1) is 8.54. The molecule has 1 amide bonds. The van der Waals surface area contributed by atoms with Crippen molar-refractivity contribution in [1.29, 1.82) is 0 Å². The topological polar surface area (TPSA) is 97.1 Å². The maximum Gasteiger partial charge on any atom is 0.313 e. The number of aliphatic carboxylic acids is 1. The minimum atomic E-state index is -0.928. The monoisotopic (exact) mass is 272 g/mol. The van der Waals surface area contributed by atoms with Crippen LogP contribution >= 0.6 is 11.8 Å². The average molecular weight is 272 g/mol. The number of aromatic nitrogens is 3. The van der Waals surface area contributed by atoms with Crippen LogP contribution in [-0.2, 0) is 16.1 Å². The Hall–Kier alpha value is -1.57. The van der Waals surface area contributed by atoms with Gasteiger partial charge in [-0.25, -0.2) is 0 Å². The molecule has 0 fully saturated rings. The van der Waals surface area contributed by atoms with E-state index in [9.17, 15) is 9.59 Å². The molecule has 0 saturated carbocycles. The Kier molecular flexibility index (Phi) is 5.63. The van der Waals surface area contributed by atoms with E-state index in [1.807, 2.05) is 6.92 Å². The average Bonchev–Trinajstić information content (AvgIpc) is 2.66. The number of nitrogens with zero attached hydrogens (tertiary/aromatic N) is 3. The summed E-state index contributed by atoms with van der Waals surface area (Å²) < 4.78 is 1.61. The molecule has 18 heavy (non-hydrogen) atoms. The van der Waals surface area contributed by atoms with Gasteiger partial charge in [0, 0.05) is 6.54 Å². The van der Waals surface area contributed by atoms with Gasteiger partial charge in [-0.2, -0.15) is 0 Å². The van der Waals surface area contributed by atoms with Gasteiger partial charge in [-0.1, -0.05) is 18.7 Å². The summed E-state index contributed by atoms with van der Waals surface area (Å²) in [5, 5.41) is 19.5. The van der Waals surface area contributed by atoms with Crippen LogP contribution < -0.4 is 5.32 Å². The third kappa shape index (κ3) is 4.36. The van der Waals surface area contributed by atoms with Crippen LogP contribution in [-0.4, -0.2) is 44.0 Å². The summed E-state index contributed by atoms with van der Waals surface area (Å²) in [5.41, 5.74) is 0. The van der Waals surface area contributed by atoms with E-state index in [1.165, 1.54) is 0 Å². The second kappa shape index (κ2) is 7.00. The zero-order valence-corrected chi connectivity index (χ0v) is 11.2. The standard InChI is InChI=1S/C10H16N4O3S/c1-3-4-11-8(15)5-14-7(2)12-13-10(14)18-6-9(16)17/h3-6H2,1-2H3,(H,11,15)(H,16,17). The lowest BCUT2D eigenvalue weighted by atomic mass is 10.4. The largest absolute Gasteiger partial charge is 0.481 e. The van der Waals surface area contributed by atoms with Crippen molar-refractivity contribution in [3.05, 3.63) is 5.82 Å². The quantitative estimate of drug-likeness (QED) is 0.692. The van der Waals surface area contributed by atoms with Crippen LogP contribution in [0.3, 0.4) is 0 Å². The third-order valence-electron chi connectivity index (χ3n) is 2.10. The number of aryl methyl sites for hydroxylation is 1. The Morgan fingerprint density at radius 2 is 2.17 bits per heavy atom. The van der Waals surface area contributed by atoms with Crippen LogP contribution in [0.5, 0.6) is 0 Å². The maximum absolute atomic E-state index is 11.6. The van der Waals surface area contributed by atoms with Gasteiger partial charge in [0.15, 0.2) is 5.16 Å². The highest BCUT2D eigenvalue weighted by Crippen LogP contribution is 2.16. The fourth-order valence-electron chi connectivity index (χ4n) is 1.24. The van der Waals surface area contributed by atoms with Gasteiger partial charge in [0.2, 0.25) is 5.91 Å². The lowest BCUT2D eigenvalue weighted by molar-refractivity contribution is -0.133. The van der Waals surface area contributed by atoms with Crippen molar-refractivity contribution < 1.29 is 14.7 Å². The summed E-state index contributed by atoms with van der Waals surface area (Å²) in [7, 11) is 0. The van der Waals surface area contributed by atoms with Crippen molar-refractivity contribution in [1.82, 2.24) is 20.1 Å². The van der Waals surface area contributed by atoms with Crippen LogP contribution in [0.4, 0.5) is 0 Å². The first-order valence-corrected chi connectivity index (χ1v) is 6.54. The molecule has 0 saturated heterocycles. The molecule has 0 atom stereocenters. The van der Waals surface area contributed by atoms with Crippen molar-refractivity contribution in [2.75, 3.05) is 12.3 Å². The van der Waals surface area contributed by atoms with Crippen molar-refractivity contribution in [2.24, 2.45) is 0 Å². The highest BCUT2D eigenvalue weighted by Gasteiger charge is 2.13. The van der Waals surface area contributed by atoms with E-state index < -0.39 is 5.97 Å². The molecule has 100 valence electrons. The van der Waals surface area contributed by atoms with Gasteiger partial charge in [0.1, 0.15) is 12.4 Å². The van der Waals surface area contributed by atoms with Gasteiger partial charge in [-0.3, -0.25) is 14.2 Å². The molecule has 0 unspecified atom stereocenters. The SMILES string of the molecule is CCCNC(=O)Cn1c(C)nnc1SCC(=O)O. The molecule has 0 aromatic carbocycles. The number of rotatable bonds is 7. The van der Waals surface area contributed by atoms with Crippen LogP contribution in [0.25, 0.3) is 0 Å². The number of carbonyl (C=O) groups is 2. The Bertz CT molecular complexity index is 433. The highest BCUT2D eigenvalue weighted by atomic mass is 32.2. The molecule has 0 aliphatic rings. The van der Waals surface area contributed by atoms with Crippen molar-refractivity contribution >= 4 is 23.6 Å². The van der Waals surface area contributed by atoms with Crippen molar-refractivity contribution in [3.8, 4) is 0 Å². The number of hydrogen-bond donors (Lipinski definition) is 2. The summed E-state index contributed by atoms with van der Waals surface area (Å²) >= 11 is 1.05. The van der Waals surface area contributed by atoms with E-state index in [2.05, 4.69) is 15.5 Å². The van der Waals surface area contributed by atoms with Gasteiger partial charge in [0.25, 0.3) is 0 Å². The molecule has 8 heteroatoms. The Morgan fingerprint density at radius 3 is 2.78 bits per heavy atom. The molecule has 1 heterocycles. The fraction of sp³-hybridized carbons (Fsp3) is 0.600. The zero-order chi connectivity index (χ0) is 13.5. The molecule has 0 aliphatic carbocycles. The number of carboxylic acid groups (broad SMARTS) is 1. The lowest BCUT2D eigenvalue weighted by Gasteiger charge is -2.07. The molecule has 0 spiro atoms. The zero-order valence-electron chi connectivity index (χ0n) is 10.3. The van der Waals surface area contributed by atoms with E-state index in [-0.39, 0.29) is 18.2 Å². The summed E-state index contributed by atoms with van der Waals surface area (Å²) in [6, 6.07) is 0. The molecule has 1 rings (SSSR count).